The third-order valence-electron chi connectivity index (χ3n) is 4.09. The second-order valence-corrected chi connectivity index (χ2v) is 6.67. The average Bonchev–Trinajstić information content (AvgIpc) is 2.97. The van der Waals surface area contributed by atoms with Crippen molar-refractivity contribution in [1.29, 1.82) is 0 Å². The molecule has 0 aliphatic carbocycles. The molecular weight excluding hydrogens is 262 g/mol. The van der Waals surface area contributed by atoms with Gasteiger partial charge in [-0.05, 0) is 33.6 Å². The molecule has 0 saturated carbocycles. The largest absolute Gasteiger partial charge is 0.481 e. The fourth-order valence-corrected chi connectivity index (χ4v) is 2.97. The summed E-state index contributed by atoms with van der Waals surface area (Å²) in [4.78, 5) is 25.3. The normalized spacial score (nSPS) is 30.6. The zero-order valence-corrected chi connectivity index (χ0v) is 12.3. The Bertz CT molecular complexity index is 397. The Balaban J connectivity index is 2.08. The lowest BCUT2D eigenvalue weighted by atomic mass is 9.74. The van der Waals surface area contributed by atoms with Gasteiger partial charge in [-0.15, -0.1) is 0 Å². The van der Waals surface area contributed by atoms with Crippen molar-refractivity contribution in [3.63, 3.8) is 0 Å². The van der Waals surface area contributed by atoms with Crippen molar-refractivity contribution >= 4 is 12.1 Å². The minimum absolute atomic E-state index is 0.0209. The molecule has 0 radical (unpaired) electrons. The molecule has 114 valence electrons. The van der Waals surface area contributed by atoms with Crippen LogP contribution in [0.2, 0.25) is 0 Å². The van der Waals surface area contributed by atoms with Crippen LogP contribution in [-0.2, 0) is 14.3 Å². The third kappa shape index (κ3) is 2.90. The summed E-state index contributed by atoms with van der Waals surface area (Å²) < 4.78 is 10.6. The van der Waals surface area contributed by atoms with Gasteiger partial charge in [-0.1, -0.05) is 0 Å². The molecule has 2 aliphatic heterocycles. The van der Waals surface area contributed by atoms with E-state index in [1.807, 2.05) is 0 Å². The van der Waals surface area contributed by atoms with Crippen LogP contribution in [0.15, 0.2) is 0 Å². The number of carbonyl (C=O) groups excluding carboxylic acids is 1. The van der Waals surface area contributed by atoms with Crippen molar-refractivity contribution in [2.45, 2.75) is 39.2 Å². The highest BCUT2D eigenvalue weighted by Crippen LogP contribution is 2.42. The maximum absolute atomic E-state index is 12.1. The van der Waals surface area contributed by atoms with E-state index in [0.717, 1.165) is 6.42 Å². The van der Waals surface area contributed by atoms with Gasteiger partial charge in [0.05, 0.1) is 12.0 Å². The molecular formula is C14H23NO5. The van der Waals surface area contributed by atoms with Crippen LogP contribution in [0.5, 0.6) is 0 Å². The fourth-order valence-electron chi connectivity index (χ4n) is 2.97. The van der Waals surface area contributed by atoms with E-state index in [2.05, 4.69) is 0 Å². The minimum Gasteiger partial charge on any atom is -0.481 e. The molecule has 0 bridgehead atoms. The van der Waals surface area contributed by atoms with E-state index in [1.165, 1.54) is 4.90 Å². The number of likely N-dealkylation sites (tertiary alicyclic amines) is 1. The molecule has 6 heteroatoms. The van der Waals surface area contributed by atoms with Crippen LogP contribution >= 0.6 is 0 Å². The van der Waals surface area contributed by atoms with Gasteiger partial charge < -0.3 is 19.5 Å². The lowest BCUT2D eigenvalue weighted by Gasteiger charge is -2.30. The molecule has 1 amide bonds. The van der Waals surface area contributed by atoms with E-state index < -0.39 is 23.1 Å². The number of hydrogen-bond donors (Lipinski definition) is 1. The summed E-state index contributed by atoms with van der Waals surface area (Å²) in [5.41, 5.74) is -1.45. The van der Waals surface area contributed by atoms with Crippen molar-refractivity contribution in [3.05, 3.63) is 0 Å². The first-order valence-electron chi connectivity index (χ1n) is 7.04. The maximum atomic E-state index is 12.1. The fraction of sp³-hybridized carbons (Fsp3) is 0.857. The molecule has 20 heavy (non-hydrogen) atoms. The van der Waals surface area contributed by atoms with Gasteiger partial charge in [0, 0.05) is 25.6 Å². The lowest BCUT2D eigenvalue weighted by molar-refractivity contribution is -0.151. The summed E-state index contributed by atoms with van der Waals surface area (Å²) in [5.74, 6) is -0.855. The van der Waals surface area contributed by atoms with Crippen LogP contribution < -0.4 is 0 Å². The Labute approximate surface area is 119 Å². The summed E-state index contributed by atoms with van der Waals surface area (Å²) in [6.45, 7) is 7.12. The first-order chi connectivity index (χ1) is 9.24. The molecule has 2 rings (SSSR count). The van der Waals surface area contributed by atoms with Gasteiger partial charge in [-0.3, -0.25) is 4.79 Å². The van der Waals surface area contributed by atoms with Gasteiger partial charge in [-0.25, -0.2) is 4.79 Å². The Hall–Kier alpha value is -1.30. The second-order valence-electron chi connectivity index (χ2n) is 6.67. The zero-order valence-electron chi connectivity index (χ0n) is 12.3. The summed E-state index contributed by atoms with van der Waals surface area (Å²) in [6.07, 6.45) is 0.781. The molecule has 2 saturated heterocycles. The van der Waals surface area contributed by atoms with Crippen molar-refractivity contribution in [3.8, 4) is 0 Å². The summed E-state index contributed by atoms with van der Waals surface area (Å²) in [5, 5.41) is 9.62. The molecule has 0 aromatic heterocycles. The van der Waals surface area contributed by atoms with Crippen molar-refractivity contribution < 1.29 is 24.2 Å². The van der Waals surface area contributed by atoms with Crippen LogP contribution in [0.4, 0.5) is 4.79 Å². The predicted octanol–water partition coefficient (Wildman–Crippen LogP) is 1.73. The van der Waals surface area contributed by atoms with E-state index >= 15 is 0 Å². The quantitative estimate of drug-likeness (QED) is 0.836. The van der Waals surface area contributed by atoms with Crippen LogP contribution in [0, 0.1) is 11.3 Å². The second kappa shape index (κ2) is 5.24. The highest BCUT2D eigenvalue weighted by molar-refractivity contribution is 5.78. The summed E-state index contributed by atoms with van der Waals surface area (Å²) in [7, 11) is 0. The van der Waals surface area contributed by atoms with Gasteiger partial charge in [0.15, 0.2) is 0 Å². The van der Waals surface area contributed by atoms with Crippen molar-refractivity contribution in [2.24, 2.45) is 11.3 Å². The van der Waals surface area contributed by atoms with Gasteiger partial charge in [0.2, 0.25) is 0 Å². The molecule has 1 N–H and O–H groups in total. The van der Waals surface area contributed by atoms with Crippen LogP contribution in [0.3, 0.4) is 0 Å². The number of carboxylic acid groups (broad SMARTS) is 1. The van der Waals surface area contributed by atoms with Crippen molar-refractivity contribution in [1.82, 2.24) is 4.90 Å². The highest BCUT2D eigenvalue weighted by atomic mass is 16.6. The van der Waals surface area contributed by atoms with Gasteiger partial charge in [-0.2, -0.15) is 0 Å². The first-order valence-corrected chi connectivity index (χ1v) is 7.04. The molecule has 0 aromatic carbocycles. The van der Waals surface area contributed by atoms with Gasteiger partial charge in [0.1, 0.15) is 5.60 Å². The summed E-state index contributed by atoms with van der Waals surface area (Å²) in [6, 6.07) is 0. The van der Waals surface area contributed by atoms with Crippen molar-refractivity contribution in [2.75, 3.05) is 26.3 Å². The molecule has 6 nitrogen and oxygen atoms in total. The number of carboxylic acids is 1. The number of aliphatic carboxylic acids is 1. The number of hydrogen-bond acceptors (Lipinski definition) is 4. The SMILES string of the molecule is CC(C)(C)OC(=O)N1CCC(C(=O)O)(C2CCOC2)C1. The zero-order chi connectivity index (χ0) is 15.0. The molecule has 2 heterocycles. The number of nitrogens with zero attached hydrogens (tertiary/aromatic N) is 1. The average molecular weight is 285 g/mol. The van der Waals surface area contributed by atoms with E-state index in [4.69, 9.17) is 9.47 Å². The molecule has 2 unspecified atom stereocenters. The van der Waals surface area contributed by atoms with E-state index in [9.17, 15) is 14.7 Å². The topological polar surface area (TPSA) is 76.1 Å². The number of amides is 1. The monoisotopic (exact) mass is 285 g/mol. The highest BCUT2D eigenvalue weighted by Gasteiger charge is 2.53. The minimum atomic E-state index is -0.882. The Kier molecular flexibility index (Phi) is 3.95. The van der Waals surface area contributed by atoms with Crippen LogP contribution in [0.1, 0.15) is 33.6 Å². The third-order valence-corrected chi connectivity index (χ3v) is 4.09. The van der Waals surface area contributed by atoms with E-state index in [-0.39, 0.29) is 12.5 Å². The van der Waals surface area contributed by atoms with E-state index in [1.54, 1.807) is 20.8 Å². The van der Waals surface area contributed by atoms with E-state index in [0.29, 0.717) is 26.2 Å². The lowest BCUT2D eigenvalue weighted by Crippen LogP contribution is -2.43. The molecule has 0 spiro atoms. The molecule has 2 fully saturated rings. The standard InChI is InChI=1S/C14H23NO5/c1-13(2,3)20-12(18)15-6-5-14(9-15,11(16)17)10-4-7-19-8-10/h10H,4-9H2,1-3H3,(H,16,17). The van der Waals surface area contributed by atoms with Crippen LogP contribution in [0.25, 0.3) is 0 Å². The van der Waals surface area contributed by atoms with Gasteiger partial charge in [0.25, 0.3) is 0 Å². The number of rotatable bonds is 2. The first kappa shape index (κ1) is 15.1. The predicted molar refractivity (Wildman–Crippen MR) is 71.4 cm³/mol. The Morgan fingerprint density at radius 2 is 2.10 bits per heavy atom. The Morgan fingerprint density at radius 3 is 2.60 bits per heavy atom. The number of ether oxygens (including phenoxy) is 2. The number of carbonyl (C=O) groups is 2. The van der Waals surface area contributed by atoms with Crippen LogP contribution in [-0.4, -0.2) is 54.0 Å². The maximum Gasteiger partial charge on any atom is 0.410 e. The smallest absolute Gasteiger partial charge is 0.410 e. The molecule has 2 aliphatic rings. The molecule has 2 atom stereocenters. The summed E-state index contributed by atoms with van der Waals surface area (Å²) >= 11 is 0. The Morgan fingerprint density at radius 1 is 1.40 bits per heavy atom. The van der Waals surface area contributed by atoms with Gasteiger partial charge >= 0.3 is 12.1 Å². The molecule has 0 aromatic rings.